The molecule has 1 fully saturated rings. The van der Waals surface area contributed by atoms with Crippen LogP contribution in [0.1, 0.15) is 15.9 Å². The van der Waals surface area contributed by atoms with Crippen LogP contribution in [0.25, 0.3) is 0 Å². The quantitative estimate of drug-likeness (QED) is 0.592. The molecule has 1 aliphatic rings. The van der Waals surface area contributed by atoms with Gasteiger partial charge in [-0.15, -0.1) is 0 Å². The largest absolute Gasteiger partial charge is 0.378 e. The third-order valence-corrected chi connectivity index (χ3v) is 4.33. The fraction of sp³-hybridized carbons (Fsp3) is 0.235. The molecule has 21 heavy (non-hydrogen) atoms. The van der Waals surface area contributed by atoms with Crippen molar-refractivity contribution in [2.75, 3.05) is 31.2 Å². The summed E-state index contributed by atoms with van der Waals surface area (Å²) in [7, 11) is 0. The summed E-state index contributed by atoms with van der Waals surface area (Å²) in [5.74, 6) is 0.0694. The van der Waals surface area contributed by atoms with Crippen LogP contribution in [-0.4, -0.2) is 32.1 Å². The molecule has 108 valence electrons. The lowest BCUT2D eigenvalue weighted by molar-refractivity contribution is 0.103. The zero-order chi connectivity index (χ0) is 14.7. The predicted molar refractivity (Wildman–Crippen MR) is 92.1 cm³/mol. The van der Waals surface area contributed by atoms with Crippen molar-refractivity contribution >= 4 is 34.1 Å². The number of carbonyl (C=O) groups is 1. The molecule has 0 aromatic heterocycles. The van der Waals surface area contributed by atoms with E-state index < -0.39 is 0 Å². The van der Waals surface area contributed by atoms with Gasteiger partial charge in [-0.2, -0.15) is 0 Å². The monoisotopic (exact) mass is 393 g/mol. The van der Waals surface area contributed by atoms with Crippen molar-refractivity contribution in [2.24, 2.45) is 0 Å². The van der Waals surface area contributed by atoms with E-state index >= 15 is 0 Å². The van der Waals surface area contributed by atoms with Gasteiger partial charge in [0.05, 0.1) is 13.2 Å². The van der Waals surface area contributed by atoms with Gasteiger partial charge in [-0.1, -0.05) is 0 Å². The number of morpholine rings is 1. The fourth-order valence-electron chi connectivity index (χ4n) is 2.41. The molecule has 0 bridgehead atoms. The van der Waals surface area contributed by atoms with Crippen LogP contribution in [-0.2, 0) is 4.74 Å². The van der Waals surface area contributed by atoms with E-state index in [1.165, 1.54) is 0 Å². The first-order valence-electron chi connectivity index (χ1n) is 6.97. The third kappa shape index (κ3) is 3.44. The Bertz CT molecular complexity index is 616. The Morgan fingerprint density at radius 1 is 0.905 bits per heavy atom. The van der Waals surface area contributed by atoms with Crippen LogP contribution in [0.2, 0.25) is 0 Å². The van der Waals surface area contributed by atoms with E-state index in [1.807, 2.05) is 48.5 Å². The minimum atomic E-state index is 0.0694. The minimum absolute atomic E-state index is 0.0694. The van der Waals surface area contributed by atoms with Crippen molar-refractivity contribution in [1.82, 2.24) is 0 Å². The zero-order valence-corrected chi connectivity index (χ0v) is 13.7. The molecule has 0 unspecified atom stereocenters. The summed E-state index contributed by atoms with van der Waals surface area (Å²) in [6.45, 7) is 3.35. The molecule has 2 aromatic carbocycles. The molecular weight excluding hydrogens is 377 g/mol. The lowest BCUT2D eigenvalue weighted by Crippen LogP contribution is -2.36. The highest BCUT2D eigenvalue weighted by molar-refractivity contribution is 14.1. The number of benzene rings is 2. The molecule has 0 aliphatic carbocycles. The summed E-state index contributed by atoms with van der Waals surface area (Å²) in [6, 6.07) is 15.5. The number of hydrogen-bond donors (Lipinski definition) is 0. The Hall–Kier alpha value is -1.40. The molecule has 1 aliphatic heterocycles. The van der Waals surface area contributed by atoms with Gasteiger partial charge in [-0.3, -0.25) is 4.79 Å². The lowest BCUT2D eigenvalue weighted by atomic mass is 10.0. The summed E-state index contributed by atoms with van der Waals surface area (Å²) >= 11 is 2.24. The number of carbonyl (C=O) groups excluding carboxylic acids is 1. The van der Waals surface area contributed by atoms with Gasteiger partial charge in [0, 0.05) is 33.5 Å². The van der Waals surface area contributed by atoms with Crippen LogP contribution < -0.4 is 4.90 Å². The van der Waals surface area contributed by atoms with Gasteiger partial charge >= 0.3 is 0 Å². The average molecular weight is 393 g/mol. The Morgan fingerprint density at radius 2 is 1.43 bits per heavy atom. The molecule has 0 amide bonds. The van der Waals surface area contributed by atoms with Gasteiger partial charge < -0.3 is 9.64 Å². The molecule has 0 radical (unpaired) electrons. The van der Waals surface area contributed by atoms with E-state index in [0.29, 0.717) is 0 Å². The first kappa shape index (κ1) is 14.5. The molecule has 1 saturated heterocycles. The average Bonchev–Trinajstić information content (AvgIpc) is 2.56. The number of anilines is 1. The zero-order valence-electron chi connectivity index (χ0n) is 11.6. The maximum absolute atomic E-state index is 12.4. The summed E-state index contributed by atoms with van der Waals surface area (Å²) in [5.41, 5.74) is 2.61. The number of ketones is 1. The number of rotatable bonds is 3. The van der Waals surface area contributed by atoms with Crippen molar-refractivity contribution in [2.45, 2.75) is 0 Å². The lowest BCUT2D eigenvalue weighted by Gasteiger charge is -2.28. The molecule has 2 aromatic rings. The smallest absolute Gasteiger partial charge is 0.193 e. The summed E-state index contributed by atoms with van der Waals surface area (Å²) < 4.78 is 6.49. The summed E-state index contributed by atoms with van der Waals surface area (Å²) in [5, 5.41) is 0. The second kappa shape index (κ2) is 6.58. The maximum atomic E-state index is 12.4. The second-order valence-corrected chi connectivity index (χ2v) is 6.23. The summed E-state index contributed by atoms with van der Waals surface area (Å²) in [4.78, 5) is 14.7. The number of hydrogen-bond acceptors (Lipinski definition) is 3. The van der Waals surface area contributed by atoms with E-state index in [9.17, 15) is 4.79 Å². The molecule has 1 heterocycles. The Morgan fingerprint density at radius 3 is 2.00 bits per heavy atom. The summed E-state index contributed by atoms with van der Waals surface area (Å²) in [6.07, 6.45) is 0. The Kier molecular flexibility index (Phi) is 4.55. The second-order valence-electron chi connectivity index (χ2n) is 4.98. The highest BCUT2D eigenvalue weighted by atomic mass is 127. The topological polar surface area (TPSA) is 29.5 Å². The number of nitrogens with zero attached hydrogens (tertiary/aromatic N) is 1. The first-order chi connectivity index (χ1) is 10.2. The van der Waals surface area contributed by atoms with Crippen LogP contribution in [0.3, 0.4) is 0 Å². The molecule has 3 nitrogen and oxygen atoms in total. The van der Waals surface area contributed by atoms with E-state index in [0.717, 1.165) is 46.7 Å². The van der Waals surface area contributed by atoms with Crippen molar-refractivity contribution in [3.8, 4) is 0 Å². The number of halogens is 1. The molecule has 0 saturated carbocycles. The van der Waals surface area contributed by atoms with E-state index in [2.05, 4.69) is 27.5 Å². The minimum Gasteiger partial charge on any atom is -0.378 e. The van der Waals surface area contributed by atoms with E-state index in [4.69, 9.17) is 4.74 Å². The van der Waals surface area contributed by atoms with Crippen LogP contribution in [0.15, 0.2) is 48.5 Å². The van der Waals surface area contributed by atoms with Gasteiger partial charge in [0.25, 0.3) is 0 Å². The molecule has 0 atom stereocenters. The highest BCUT2D eigenvalue weighted by Gasteiger charge is 2.13. The van der Waals surface area contributed by atoms with E-state index in [1.54, 1.807) is 0 Å². The van der Waals surface area contributed by atoms with Crippen LogP contribution in [0.4, 0.5) is 5.69 Å². The fourth-order valence-corrected chi connectivity index (χ4v) is 2.77. The van der Waals surface area contributed by atoms with Gasteiger partial charge in [0.2, 0.25) is 0 Å². The highest BCUT2D eigenvalue weighted by Crippen LogP contribution is 2.19. The van der Waals surface area contributed by atoms with Crippen molar-refractivity contribution < 1.29 is 9.53 Å². The molecule has 4 heteroatoms. The van der Waals surface area contributed by atoms with Gasteiger partial charge in [-0.25, -0.2) is 0 Å². The van der Waals surface area contributed by atoms with E-state index in [-0.39, 0.29) is 5.78 Å². The molecule has 0 N–H and O–H groups in total. The normalized spacial score (nSPS) is 15.0. The van der Waals surface area contributed by atoms with Crippen molar-refractivity contribution in [3.63, 3.8) is 0 Å². The molecule has 0 spiro atoms. The van der Waals surface area contributed by atoms with Crippen molar-refractivity contribution in [1.29, 1.82) is 0 Å². The molecule has 3 rings (SSSR count). The third-order valence-electron chi connectivity index (χ3n) is 3.61. The van der Waals surface area contributed by atoms with Crippen LogP contribution in [0.5, 0.6) is 0 Å². The SMILES string of the molecule is O=C(c1ccc(I)cc1)c1ccc(N2CCOCC2)cc1. The van der Waals surface area contributed by atoms with Gasteiger partial charge in [0.1, 0.15) is 0 Å². The molecular formula is C17H16INO2. The number of ether oxygens (including phenoxy) is 1. The van der Waals surface area contributed by atoms with Gasteiger partial charge in [0.15, 0.2) is 5.78 Å². The standard InChI is InChI=1S/C17H16INO2/c18-15-5-1-13(2-6-15)17(20)14-3-7-16(8-4-14)19-9-11-21-12-10-19/h1-8H,9-12H2. The van der Waals surface area contributed by atoms with Crippen LogP contribution in [0, 0.1) is 3.57 Å². The Balaban J connectivity index is 1.77. The van der Waals surface area contributed by atoms with Crippen molar-refractivity contribution in [3.05, 3.63) is 63.2 Å². The predicted octanol–water partition coefficient (Wildman–Crippen LogP) is 3.36. The van der Waals surface area contributed by atoms with Gasteiger partial charge in [-0.05, 0) is 71.1 Å². The Labute approximate surface area is 138 Å². The van der Waals surface area contributed by atoms with Crippen LogP contribution >= 0.6 is 22.6 Å². The first-order valence-corrected chi connectivity index (χ1v) is 8.05. The maximum Gasteiger partial charge on any atom is 0.193 e.